The van der Waals surface area contributed by atoms with Gasteiger partial charge in [0.2, 0.25) is 0 Å². The monoisotopic (exact) mass is 709 g/mol. The number of aromatic nitrogens is 2. The molecule has 4 heteroatoms. The van der Waals surface area contributed by atoms with Gasteiger partial charge in [-0.1, -0.05) is 60.0 Å². The molecule has 4 aromatic carbocycles. The van der Waals surface area contributed by atoms with E-state index in [2.05, 4.69) is 72.6 Å². The maximum Gasteiger partial charge on any atom is 0.0506 e. The van der Waals surface area contributed by atoms with E-state index in [1.807, 2.05) is 109 Å². The van der Waals surface area contributed by atoms with E-state index in [0.29, 0.717) is 0 Å². The van der Waals surface area contributed by atoms with E-state index in [1.54, 1.807) is 0 Å². The van der Waals surface area contributed by atoms with E-state index < -0.39 is 0 Å². The summed E-state index contributed by atoms with van der Waals surface area (Å²) in [6.07, 6.45) is 2.04. The summed E-state index contributed by atoms with van der Waals surface area (Å²) in [4.78, 5) is 0. The van der Waals surface area contributed by atoms with Gasteiger partial charge in [0.1, 0.15) is 0 Å². The van der Waals surface area contributed by atoms with Gasteiger partial charge in [-0.05, 0) is 33.3 Å². The first-order valence-corrected chi connectivity index (χ1v) is 13.5. The van der Waals surface area contributed by atoms with E-state index >= 15 is 0 Å². The van der Waals surface area contributed by atoms with Crippen molar-refractivity contribution in [3.63, 3.8) is 0 Å². The van der Waals surface area contributed by atoms with Gasteiger partial charge in [0.15, 0.2) is 0 Å². The van der Waals surface area contributed by atoms with Gasteiger partial charge in [0.25, 0.3) is 0 Å². The summed E-state index contributed by atoms with van der Waals surface area (Å²) in [6, 6.07) is 34.1. The fourth-order valence-electron chi connectivity index (χ4n) is 4.10. The molecule has 0 amide bonds. The van der Waals surface area contributed by atoms with Gasteiger partial charge < -0.3 is 5.32 Å². The molecule has 0 aliphatic rings. The number of hydrogen-bond acceptors (Lipinski definition) is 1. The van der Waals surface area contributed by atoms with Gasteiger partial charge >= 0.3 is 0 Å². The molecule has 0 N–H and O–H groups in total. The number of rotatable bonds is 3. The minimum absolute atomic E-state index is 0. The van der Waals surface area contributed by atoms with Crippen LogP contribution in [0.3, 0.4) is 0 Å². The van der Waals surface area contributed by atoms with Gasteiger partial charge in [-0.2, -0.15) is 79.0 Å². The topological polar surface area (TPSA) is 31.9 Å². The molecule has 0 spiro atoms. The van der Waals surface area contributed by atoms with Crippen LogP contribution in [0.15, 0.2) is 109 Å². The molecule has 0 saturated carbocycles. The van der Waals surface area contributed by atoms with Gasteiger partial charge in [-0.3, -0.25) is 4.68 Å². The molecule has 0 aliphatic carbocycles. The average molecular weight is 708 g/mol. The average Bonchev–Trinajstić information content (AvgIpc) is 3.26. The second kappa shape index (κ2) is 18.7. The smallest absolute Gasteiger partial charge is 0.0506 e. The molecule has 5 aromatic rings. The third kappa shape index (κ3) is 13.5. The Morgan fingerprint density at radius 2 is 1.00 bits per heavy atom. The van der Waals surface area contributed by atoms with Gasteiger partial charge in [0, 0.05) is 39.1 Å². The van der Waals surface area contributed by atoms with Crippen molar-refractivity contribution in [3.8, 4) is 0 Å². The second-order valence-electron chi connectivity index (χ2n) is 9.88. The van der Waals surface area contributed by atoms with Crippen LogP contribution in [-0.4, -0.2) is 9.78 Å². The maximum absolute atomic E-state index is 4.87. The Labute approximate surface area is 267 Å². The van der Waals surface area contributed by atoms with Crippen LogP contribution >= 0.6 is 0 Å². The van der Waals surface area contributed by atoms with Crippen molar-refractivity contribution in [2.24, 2.45) is 7.05 Å². The van der Waals surface area contributed by atoms with Crippen LogP contribution in [0.5, 0.6) is 0 Å². The van der Waals surface area contributed by atoms with Crippen molar-refractivity contribution >= 4 is 5.69 Å². The molecule has 41 heavy (non-hydrogen) atoms. The van der Waals surface area contributed by atoms with Crippen molar-refractivity contribution in [2.75, 3.05) is 0 Å². The van der Waals surface area contributed by atoms with Crippen LogP contribution < -0.4 is 0 Å². The van der Waals surface area contributed by atoms with Crippen LogP contribution in [0.25, 0.3) is 5.32 Å². The quantitative estimate of drug-likeness (QED) is 0.136. The van der Waals surface area contributed by atoms with Crippen LogP contribution in [0.1, 0.15) is 57.6 Å². The van der Waals surface area contributed by atoms with E-state index in [-0.39, 0.29) is 31.9 Å². The summed E-state index contributed by atoms with van der Waals surface area (Å²) in [5, 5.41) is 9.37. The molecular formula is C37H43HfN3-4. The Morgan fingerprint density at radius 1 is 0.634 bits per heavy atom. The zero-order chi connectivity index (χ0) is 29.5. The van der Waals surface area contributed by atoms with Crippen LogP contribution in [0.2, 0.25) is 0 Å². The predicted octanol–water partition coefficient (Wildman–Crippen LogP) is 10.0. The standard InChI is InChI=1S/C16H22N3.3C7H7.Hf/c1-10-7-11(2)15(12(3)8-10)17-14(5)16-13(4)9-19(6)18-16;3*1-7-5-3-2-4-6-7;/h7-9,14H,1-6H3;3*2-6H,1H2;/q4*-1;. The first-order valence-electron chi connectivity index (χ1n) is 13.5. The third-order valence-electron chi connectivity index (χ3n) is 5.93. The Morgan fingerprint density at radius 3 is 1.27 bits per heavy atom. The molecule has 1 atom stereocenters. The van der Waals surface area contributed by atoms with Crippen molar-refractivity contribution in [3.05, 3.63) is 180 Å². The second-order valence-corrected chi connectivity index (χ2v) is 9.88. The van der Waals surface area contributed by atoms with Crippen molar-refractivity contribution in [2.45, 2.75) is 40.7 Å². The molecule has 0 aliphatic heterocycles. The van der Waals surface area contributed by atoms with Crippen LogP contribution in [0.4, 0.5) is 5.69 Å². The number of hydrogen-bond donors (Lipinski definition) is 0. The molecule has 1 heterocycles. The zero-order valence-electron chi connectivity index (χ0n) is 25.4. The maximum atomic E-state index is 4.87. The molecular weight excluding hydrogens is 665 g/mol. The molecule has 5 rings (SSSR count). The van der Waals surface area contributed by atoms with Gasteiger partial charge in [-0.15, -0.1) is 42.1 Å². The fraction of sp³-hybridized carbons (Fsp3) is 0.189. The molecule has 0 radical (unpaired) electrons. The number of nitrogens with zero attached hydrogens (tertiary/aromatic N) is 3. The summed E-state index contributed by atoms with van der Waals surface area (Å²) in [6.45, 7) is 21.7. The molecule has 0 saturated heterocycles. The molecule has 1 unspecified atom stereocenters. The Hall–Kier alpha value is -3.63. The molecule has 1 aromatic heterocycles. The van der Waals surface area contributed by atoms with Crippen molar-refractivity contribution < 1.29 is 25.8 Å². The first-order chi connectivity index (χ1) is 19.1. The SMILES string of the molecule is Cc1cc(C)c([N-]C(C)c2nn(C)cc2C)c(C)c1.[CH2-]c1ccccc1.[CH2-]c1ccccc1.[CH2-]c1ccccc1.[Hf]. The summed E-state index contributed by atoms with van der Waals surface area (Å²) >= 11 is 0. The van der Waals surface area contributed by atoms with Crippen LogP contribution in [0, 0.1) is 48.5 Å². The largest absolute Gasteiger partial charge is 0.677 e. The summed E-state index contributed by atoms with van der Waals surface area (Å²) in [5.74, 6) is 0. The molecule has 0 fully saturated rings. The van der Waals surface area contributed by atoms with E-state index in [9.17, 15) is 0 Å². The predicted molar refractivity (Wildman–Crippen MR) is 173 cm³/mol. The molecule has 0 bridgehead atoms. The number of benzene rings is 4. The zero-order valence-corrected chi connectivity index (χ0v) is 29.0. The van der Waals surface area contributed by atoms with E-state index in [4.69, 9.17) is 5.32 Å². The minimum atomic E-state index is 0. The molecule has 214 valence electrons. The van der Waals surface area contributed by atoms with Crippen molar-refractivity contribution in [1.29, 1.82) is 0 Å². The Bertz CT molecular complexity index is 1280. The Balaban J connectivity index is 0.000000313. The first kappa shape index (κ1) is 35.4. The van der Waals surface area contributed by atoms with Gasteiger partial charge in [0.05, 0.1) is 5.69 Å². The summed E-state index contributed by atoms with van der Waals surface area (Å²) in [5.41, 5.74) is 10.3. The minimum Gasteiger partial charge on any atom is -0.677 e. The van der Waals surface area contributed by atoms with Crippen LogP contribution in [-0.2, 0) is 32.9 Å². The fourth-order valence-corrected chi connectivity index (χ4v) is 4.10. The van der Waals surface area contributed by atoms with Crippen molar-refractivity contribution in [1.82, 2.24) is 9.78 Å². The third-order valence-corrected chi connectivity index (χ3v) is 5.93. The molecule has 3 nitrogen and oxygen atoms in total. The van der Waals surface area contributed by atoms with E-state index in [1.165, 1.54) is 22.3 Å². The number of aryl methyl sites for hydroxylation is 5. The normalized spacial score (nSPS) is 10.2. The summed E-state index contributed by atoms with van der Waals surface area (Å²) < 4.78 is 1.85. The van der Waals surface area contributed by atoms with Gasteiger partial charge in [-0.25, -0.2) is 0 Å². The Kier molecular flexibility index (Phi) is 16.1. The summed E-state index contributed by atoms with van der Waals surface area (Å²) in [7, 11) is 1.95. The van der Waals surface area contributed by atoms with E-state index in [0.717, 1.165) is 28.1 Å².